The number of carbonyl (C=O) groups excluding carboxylic acids is 1. The van der Waals surface area contributed by atoms with Gasteiger partial charge in [0.25, 0.3) is 5.91 Å². The zero-order chi connectivity index (χ0) is 9.78. The second kappa shape index (κ2) is 4.64. The van der Waals surface area contributed by atoms with Crippen molar-refractivity contribution in [3.05, 3.63) is 0 Å². The van der Waals surface area contributed by atoms with Crippen molar-refractivity contribution < 1.29 is 23.7 Å². The summed E-state index contributed by atoms with van der Waals surface area (Å²) >= 11 is 0. The van der Waals surface area contributed by atoms with E-state index in [1.165, 1.54) is 6.92 Å². The van der Waals surface area contributed by atoms with Crippen LogP contribution in [0.5, 0.6) is 0 Å². The zero-order valence-electron chi connectivity index (χ0n) is 6.09. The van der Waals surface area contributed by atoms with Crippen LogP contribution < -0.4 is 5.09 Å². The number of hydrogen-bond acceptors (Lipinski definition) is 3. The maximum Gasteiger partial charge on any atom is 0.401 e. The molecule has 0 fully saturated rings. The van der Waals surface area contributed by atoms with Crippen LogP contribution >= 0.6 is 16.0 Å². The van der Waals surface area contributed by atoms with Gasteiger partial charge in [0, 0.05) is 0 Å². The number of hydrogen-bond donors (Lipinski definition) is 3. The summed E-state index contributed by atoms with van der Waals surface area (Å²) in [5.41, 5.74) is 0. The second-order valence-corrected chi connectivity index (χ2v) is 3.69. The molecular formula is C3H8N2O5P2. The predicted octanol–water partition coefficient (Wildman–Crippen LogP) is -0.209. The van der Waals surface area contributed by atoms with Gasteiger partial charge in [-0.25, -0.2) is 9.65 Å². The summed E-state index contributed by atoms with van der Waals surface area (Å²) in [6, 6.07) is -1.13. The summed E-state index contributed by atoms with van der Waals surface area (Å²) in [6.45, 7) is 1.21. The molecule has 1 amide bonds. The van der Waals surface area contributed by atoms with E-state index < -0.39 is 27.9 Å². The highest BCUT2D eigenvalue weighted by Crippen LogP contribution is 2.29. The molecule has 0 aromatic carbocycles. The lowest BCUT2D eigenvalue weighted by Gasteiger charge is -2.09. The lowest BCUT2D eigenvalue weighted by Crippen LogP contribution is -2.29. The van der Waals surface area contributed by atoms with Crippen molar-refractivity contribution in [3.8, 4) is 0 Å². The molecule has 0 aliphatic rings. The number of amides is 1. The van der Waals surface area contributed by atoms with Crippen molar-refractivity contribution >= 4 is 21.9 Å². The van der Waals surface area contributed by atoms with Gasteiger partial charge in [0.2, 0.25) is 0 Å². The van der Waals surface area contributed by atoms with Crippen LogP contribution in [0, 0.1) is 0 Å². The lowest BCUT2D eigenvalue weighted by atomic mass is 10.4. The zero-order valence-corrected chi connectivity index (χ0v) is 7.99. The summed E-state index contributed by atoms with van der Waals surface area (Å²) in [5, 5.41) is 1.69. The summed E-state index contributed by atoms with van der Waals surface area (Å²) in [5.74, 6) is -0.855. The van der Waals surface area contributed by atoms with Gasteiger partial charge in [-0.1, -0.05) is 0 Å². The Bertz CT molecular complexity index is 266. The molecule has 0 aliphatic carbocycles. The first-order valence-electron chi connectivity index (χ1n) is 2.82. The molecule has 2 atom stereocenters. The molecular weight excluding hydrogens is 206 g/mol. The fourth-order valence-electron chi connectivity index (χ4n) is 0.449. The molecule has 0 rings (SSSR count). The SMILES string of the molecule is C[C@H](NP(=O)(O)O)C(=O)N=[PH]=O. The van der Waals surface area contributed by atoms with E-state index in [9.17, 15) is 13.9 Å². The van der Waals surface area contributed by atoms with Gasteiger partial charge < -0.3 is 9.79 Å². The molecule has 1 unspecified atom stereocenters. The molecule has 0 aromatic rings. The summed E-state index contributed by atoms with van der Waals surface area (Å²) in [4.78, 5) is 27.3. The Morgan fingerprint density at radius 3 is 2.50 bits per heavy atom. The van der Waals surface area contributed by atoms with Crippen molar-refractivity contribution in [2.75, 3.05) is 0 Å². The lowest BCUT2D eigenvalue weighted by molar-refractivity contribution is -0.118. The van der Waals surface area contributed by atoms with Crippen molar-refractivity contribution in [1.29, 1.82) is 0 Å². The minimum Gasteiger partial charge on any atom is -0.313 e. The highest BCUT2D eigenvalue weighted by molar-refractivity contribution is 7.49. The van der Waals surface area contributed by atoms with Gasteiger partial charge in [0.15, 0.2) is 8.25 Å². The molecule has 7 nitrogen and oxygen atoms in total. The van der Waals surface area contributed by atoms with Crippen LogP contribution in [0.2, 0.25) is 0 Å². The number of nitrogens with zero attached hydrogens (tertiary/aromatic N) is 1. The van der Waals surface area contributed by atoms with Crippen molar-refractivity contribution in [2.45, 2.75) is 13.0 Å². The maximum absolute atomic E-state index is 10.7. The smallest absolute Gasteiger partial charge is 0.313 e. The average Bonchev–Trinajstić information content (AvgIpc) is 1.84. The van der Waals surface area contributed by atoms with Crippen LogP contribution in [0.1, 0.15) is 6.92 Å². The van der Waals surface area contributed by atoms with E-state index in [1.807, 2.05) is 0 Å². The Kier molecular flexibility index (Phi) is 4.52. The molecule has 0 saturated carbocycles. The monoisotopic (exact) mass is 214 g/mol. The molecule has 12 heavy (non-hydrogen) atoms. The van der Waals surface area contributed by atoms with Crippen molar-refractivity contribution in [2.24, 2.45) is 4.74 Å². The quantitative estimate of drug-likeness (QED) is 0.559. The van der Waals surface area contributed by atoms with Crippen LogP contribution in [0.15, 0.2) is 4.74 Å². The first-order valence-corrected chi connectivity index (χ1v) is 5.28. The fraction of sp³-hybridized carbons (Fsp3) is 0.667. The van der Waals surface area contributed by atoms with Crippen LogP contribution in [0.25, 0.3) is 0 Å². The summed E-state index contributed by atoms with van der Waals surface area (Å²) in [7, 11) is -5.58. The molecule has 70 valence electrons. The Morgan fingerprint density at radius 2 is 2.17 bits per heavy atom. The van der Waals surface area contributed by atoms with Gasteiger partial charge in [-0.15, -0.1) is 0 Å². The third kappa shape index (κ3) is 5.35. The van der Waals surface area contributed by atoms with Crippen LogP contribution in [-0.4, -0.2) is 21.7 Å². The van der Waals surface area contributed by atoms with Gasteiger partial charge in [0.1, 0.15) is 0 Å². The first-order chi connectivity index (χ1) is 5.37. The van der Waals surface area contributed by atoms with E-state index >= 15 is 0 Å². The molecule has 0 aliphatic heterocycles. The van der Waals surface area contributed by atoms with E-state index in [1.54, 1.807) is 5.09 Å². The third-order valence-electron chi connectivity index (χ3n) is 0.888. The van der Waals surface area contributed by atoms with Gasteiger partial charge in [-0.05, 0) is 6.92 Å². The van der Waals surface area contributed by atoms with E-state index in [-0.39, 0.29) is 0 Å². The molecule has 0 heterocycles. The maximum atomic E-state index is 10.7. The fourth-order valence-corrected chi connectivity index (χ4v) is 1.35. The van der Waals surface area contributed by atoms with Gasteiger partial charge >= 0.3 is 7.75 Å². The van der Waals surface area contributed by atoms with E-state index in [4.69, 9.17) is 9.79 Å². The van der Waals surface area contributed by atoms with Gasteiger partial charge in [0.05, 0.1) is 6.04 Å². The van der Waals surface area contributed by atoms with Crippen molar-refractivity contribution in [1.82, 2.24) is 5.09 Å². The molecule has 9 heteroatoms. The third-order valence-corrected chi connectivity index (χ3v) is 1.92. The molecule has 0 saturated heterocycles. The number of rotatable bonds is 3. The van der Waals surface area contributed by atoms with Crippen LogP contribution in [-0.2, 0) is 13.9 Å². The Balaban J connectivity index is 4.23. The molecule has 0 bridgehead atoms. The minimum absolute atomic E-state index is 0.855. The standard InChI is InChI=1S/C3H8N2O5P2/c1-2(3(6)4-11-7)5-12(8,9)10/h2,11H,1H3,(H3,5,8,9,10)/t2-/m0/s1. The number of carbonyl (C=O) groups is 1. The van der Waals surface area contributed by atoms with E-state index in [2.05, 4.69) is 4.74 Å². The normalized spacial score (nSPS) is 14.2. The highest BCUT2D eigenvalue weighted by atomic mass is 31.2. The topological polar surface area (TPSA) is 116 Å². The Hall–Kier alpha value is -0.320. The second-order valence-electron chi connectivity index (χ2n) is 1.94. The van der Waals surface area contributed by atoms with Gasteiger partial charge in [-0.2, -0.15) is 4.74 Å². The largest absolute Gasteiger partial charge is 0.401 e. The Morgan fingerprint density at radius 1 is 1.67 bits per heavy atom. The molecule has 0 aromatic heterocycles. The average molecular weight is 214 g/mol. The van der Waals surface area contributed by atoms with Crippen LogP contribution in [0.3, 0.4) is 0 Å². The van der Waals surface area contributed by atoms with Gasteiger partial charge in [-0.3, -0.25) is 9.36 Å². The van der Waals surface area contributed by atoms with Crippen LogP contribution in [0.4, 0.5) is 0 Å². The van der Waals surface area contributed by atoms with E-state index in [0.717, 1.165) is 0 Å². The first kappa shape index (κ1) is 11.7. The van der Waals surface area contributed by atoms with E-state index in [0.29, 0.717) is 0 Å². The molecule has 0 spiro atoms. The number of nitrogens with one attached hydrogen (secondary N) is 1. The summed E-state index contributed by atoms with van der Waals surface area (Å²) in [6.07, 6.45) is 0. The Labute approximate surface area is 69.3 Å². The summed E-state index contributed by atoms with van der Waals surface area (Å²) < 4.78 is 23.0. The van der Waals surface area contributed by atoms with Crippen molar-refractivity contribution in [3.63, 3.8) is 0 Å². The molecule has 3 N–H and O–H groups in total. The molecule has 0 radical (unpaired) electrons. The minimum atomic E-state index is -4.43. The predicted molar refractivity (Wildman–Crippen MR) is 41.1 cm³/mol. The highest BCUT2D eigenvalue weighted by Gasteiger charge is 2.21.